The molecule has 5 nitrogen and oxygen atoms in total. The fourth-order valence-corrected chi connectivity index (χ4v) is 9.96. The summed E-state index contributed by atoms with van der Waals surface area (Å²) >= 11 is 0. The summed E-state index contributed by atoms with van der Waals surface area (Å²) in [6, 6.07) is 88.3. The summed E-state index contributed by atoms with van der Waals surface area (Å²) in [6.45, 7) is 0. The Hall–Kier alpha value is -9.19. The Labute approximate surface area is 393 Å². The van der Waals surface area contributed by atoms with Crippen molar-refractivity contribution < 1.29 is 0 Å². The lowest BCUT2D eigenvalue weighted by Gasteiger charge is -2.17. The molecule has 0 saturated heterocycles. The average molecular weight is 868 g/mol. The maximum absolute atomic E-state index is 5.40. The highest BCUT2D eigenvalue weighted by atomic mass is 15.2. The molecule has 0 amide bonds. The lowest BCUT2D eigenvalue weighted by atomic mass is 9.95. The highest BCUT2D eigenvalue weighted by molar-refractivity contribution is 6.24. The van der Waals surface area contributed by atoms with E-state index in [4.69, 9.17) is 15.0 Å². The number of para-hydroxylation sites is 2. The van der Waals surface area contributed by atoms with Crippen molar-refractivity contribution in [2.75, 3.05) is 0 Å². The predicted octanol–water partition coefficient (Wildman–Crippen LogP) is 16.1. The minimum absolute atomic E-state index is 0.550. The number of rotatable bonds is 8. The van der Waals surface area contributed by atoms with E-state index in [-0.39, 0.29) is 0 Å². The van der Waals surface area contributed by atoms with Crippen molar-refractivity contribution in [3.05, 3.63) is 249 Å². The van der Waals surface area contributed by atoms with E-state index in [1.165, 1.54) is 16.5 Å². The van der Waals surface area contributed by atoms with E-state index in [0.29, 0.717) is 17.6 Å². The molecule has 13 aromatic rings. The fraction of sp³-hybridized carbons (Fsp3) is 0. The summed E-state index contributed by atoms with van der Waals surface area (Å²) in [5.74, 6) is 1.76. The van der Waals surface area contributed by atoms with Crippen LogP contribution in [0.1, 0.15) is 0 Å². The van der Waals surface area contributed by atoms with E-state index in [0.717, 1.165) is 88.4 Å². The first-order chi connectivity index (χ1) is 33.7. The number of hydrogen-bond acceptors (Lipinski definition) is 3. The van der Waals surface area contributed by atoms with Gasteiger partial charge in [0.25, 0.3) is 0 Å². The molecule has 68 heavy (non-hydrogen) atoms. The average Bonchev–Trinajstić information content (AvgIpc) is 3.95. The lowest BCUT2D eigenvalue weighted by Crippen LogP contribution is -2.07. The van der Waals surface area contributed by atoms with Crippen LogP contribution in [0.4, 0.5) is 0 Å². The van der Waals surface area contributed by atoms with Crippen molar-refractivity contribution in [2.24, 2.45) is 0 Å². The lowest BCUT2D eigenvalue weighted by molar-refractivity contribution is 0.953. The van der Waals surface area contributed by atoms with Crippen LogP contribution in [0.3, 0.4) is 0 Å². The Morgan fingerprint density at radius 2 is 0.618 bits per heavy atom. The van der Waals surface area contributed by atoms with Crippen molar-refractivity contribution >= 4 is 43.6 Å². The third kappa shape index (κ3) is 6.68. The second kappa shape index (κ2) is 16.4. The van der Waals surface area contributed by atoms with Crippen LogP contribution in [0.25, 0.3) is 123 Å². The summed E-state index contributed by atoms with van der Waals surface area (Å²) < 4.78 is 4.73. The normalized spacial score (nSPS) is 11.5. The van der Waals surface area contributed by atoms with Gasteiger partial charge in [0, 0.05) is 38.2 Å². The summed E-state index contributed by atoms with van der Waals surface area (Å²) in [5, 5.41) is 4.55. The zero-order chi connectivity index (χ0) is 45.0. The van der Waals surface area contributed by atoms with Gasteiger partial charge in [-0.1, -0.05) is 224 Å². The molecule has 318 valence electrons. The summed E-state index contributed by atoms with van der Waals surface area (Å²) in [7, 11) is 0. The first-order valence-corrected chi connectivity index (χ1v) is 23.0. The van der Waals surface area contributed by atoms with E-state index < -0.39 is 0 Å². The Balaban J connectivity index is 1.08. The molecule has 0 spiro atoms. The maximum atomic E-state index is 5.40. The van der Waals surface area contributed by atoms with Gasteiger partial charge in [0.15, 0.2) is 11.6 Å². The monoisotopic (exact) mass is 867 g/mol. The first-order valence-electron chi connectivity index (χ1n) is 23.0. The molecule has 0 unspecified atom stereocenters. The molecule has 0 bridgehead atoms. The van der Waals surface area contributed by atoms with Gasteiger partial charge in [-0.3, -0.25) is 4.57 Å². The van der Waals surface area contributed by atoms with Gasteiger partial charge >= 0.3 is 0 Å². The van der Waals surface area contributed by atoms with Crippen molar-refractivity contribution in [3.63, 3.8) is 0 Å². The standard InChI is InChI=1S/C63H41N5/c1-5-17-42(18-6-1)44-29-31-46(32-30-44)50-37-40-58(55(41-50)47-21-9-3-10-22-47)67-56-27-15-13-25-51(56)53-38-39-54-52-26-14-16-28-57(52)68(60(54)59(53)67)63-65-61(48-23-11-4-12-24-48)64-62(66-63)49-35-33-45(34-36-49)43-19-7-2-8-20-43/h1-41H. The zero-order valence-corrected chi connectivity index (χ0v) is 36.9. The van der Waals surface area contributed by atoms with Crippen LogP contribution in [0.5, 0.6) is 0 Å². The molecule has 0 N–H and O–H groups in total. The number of fused-ring (bicyclic) bond motifs is 7. The fourth-order valence-electron chi connectivity index (χ4n) is 9.96. The van der Waals surface area contributed by atoms with Gasteiger partial charge in [-0.25, -0.2) is 4.98 Å². The van der Waals surface area contributed by atoms with Crippen molar-refractivity contribution in [3.8, 4) is 78.9 Å². The molecular formula is C63H41N5. The van der Waals surface area contributed by atoms with Gasteiger partial charge in [0.2, 0.25) is 5.95 Å². The molecule has 3 aromatic heterocycles. The molecule has 0 aliphatic carbocycles. The number of benzene rings is 10. The van der Waals surface area contributed by atoms with Gasteiger partial charge in [-0.15, -0.1) is 0 Å². The number of nitrogens with zero attached hydrogens (tertiary/aromatic N) is 5. The third-order valence-electron chi connectivity index (χ3n) is 13.2. The van der Waals surface area contributed by atoms with E-state index in [9.17, 15) is 0 Å². The number of hydrogen-bond donors (Lipinski definition) is 0. The molecule has 0 fully saturated rings. The molecule has 0 aliphatic rings. The van der Waals surface area contributed by atoms with Crippen molar-refractivity contribution in [2.45, 2.75) is 0 Å². The Morgan fingerprint density at radius 3 is 1.15 bits per heavy atom. The molecule has 0 atom stereocenters. The topological polar surface area (TPSA) is 48.5 Å². The molecular weight excluding hydrogens is 827 g/mol. The molecule has 0 aliphatic heterocycles. The van der Waals surface area contributed by atoms with Gasteiger partial charge in [0.05, 0.1) is 27.8 Å². The maximum Gasteiger partial charge on any atom is 0.238 e. The van der Waals surface area contributed by atoms with Crippen LogP contribution in [-0.2, 0) is 0 Å². The predicted molar refractivity (Wildman–Crippen MR) is 281 cm³/mol. The Bertz CT molecular complexity index is 3970. The molecule has 3 heterocycles. The Kier molecular flexibility index (Phi) is 9.43. The van der Waals surface area contributed by atoms with Crippen molar-refractivity contribution in [1.82, 2.24) is 24.1 Å². The smallest absolute Gasteiger partial charge is 0.238 e. The van der Waals surface area contributed by atoms with Crippen LogP contribution < -0.4 is 0 Å². The third-order valence-corrected chi connectivity index (χ3v) is 13.2. The second-order valence-electron chi connectivity index (χ2n) is 17.2. The summed E-state index contributed by atoms with van der Waals surface area (Å²) in [6.07, 6.45) is 0. The Morgan fingerprint density at radius 1 is 0.250 bits per heavy atom. The van der Waals surface area contributed by atoms with Crippen LogP contribution in [0.2, 0.25) is 0 Å². The zero-order valence-electron chi connectivity index (χ0n) is 36.9. The van der Waals surface area contributed by atoms with Gasteiger partial charge in [-0.2, -0.15) is 9.97 Å². The minimum atomic E-state index is 0.550. The quantitative estimate of drug-likeness (QED) is 0.153. The van der Waals surface area contributed by atoms with Crippen LogP contribution in [0, 0.1) is 0 Å². The van der Waals surface area contributed by atoms with E-state index in [1.807, 2.05) is 24.3 Å². The summed E-state index contributed by atoms with van der Waals surface area (Å²) in [4.78, 5) is 15.9. The summed E-state index contributed by atoms with van der Waals surface area (Å²) in [5.41, 5.74) is 16.4. The van der Waals surface area contributed by atoms with E-state index in [2.05, 4.69) is 234 Å². The SMILES string of the molecule is c1ccc(-c2ccc(-c3ccc(-n4c5ccccc5c5ccc6c7ccccc7n(-c7nc(-c8ccccc8)nc(-c8ccc(-c9ccccc9)cc8)n7)c6c54)c(-c4ccccc4)c3)cc2)cc1. The van der Waals surface area contributed by atoms with E-state index in [1.54, 1.807) is 0 Å². The molecule has 0 saturated carbocycles. The molecule has 5 heteroatoms. The number of aromatic nitrogens is 5. The molecule has 10 aromatic carbocycles. The van der Waals surface area contributed by atoms with Crippen molar-refractivity contribution in [1.29, 1.82) is 0 Å². The van der Waals surface area contributed by atoms with Crippen LogP contribution in [0.15, 0.2) is 249 Å². The van der Waals surface area contributed by atoms with Gasteiger partial charge in [0.1, 0.15) is 0 Å². The second-order valence-corrected chi connectivity index (χ2v) is 17.2. The van der Waals surface area contributed by atoms with Gasteiger partial charge in [-0.05, 0) is 63.2 Å². The van der Waals surface area contributed by atoms with E-state index >= 15 is 0 Å². The van der Waals surface area contributed by atoms with Crippen LogP contribution >= 0.6 is 0 Å². The van der Waals surface area contributed by atoms with Gasteiger partial charge < -0.3 is 4.57 Å². The van der Waals surface area contributed by atoms with Crippen LogP contribution in [-0.4, -0.2) is 24.1 Å². The molecule has 13 rings (SSSR count). The first kappa shape index (κ1) is 39.2. The highest BCUT2D eigenvalue weighted by Gasteiger charge is 2.25. The highest BCUT2D eigenvalue weighted by Crippen LogP contribution is 2.44. The molecule has 0 radical (unpaired) electrons. The largest absolute Gasteiger partial charge is 0.307 e. The minimum Gasteiger partial charge on any atom is -0.307 e.